The van der Waals surface area contributed by atoms with E-state index in [2.05, 4.69) is 32.1 Å². The molecule has 4 aromatic rings. The van der Waals surface area contributed by atoms with Gasteiger partial charge in [-0.3, -0.25) is 14.5 Å². The number of para-hydroxylation sites is 1. The van der Waals surface area contributed by atoms with Crippen LogP contribution in [0.1, 0.15) is 58.3 Å². The van der Waals surface area contributed by atoms with Crippen molar-refractivity contribution in [2.24, 2.45) is 0 Å². The number of hydrogen-bond acceptors (Lipinski definition) is 8. The lowest BCUT2D eigenvalue weighted by Gasteiger charge is -2.35. The summed E-state index contributed by atoms with van der Waals surface area (Å²) in [5, 5.41) is 2.92. The largest absolute Gasteiger partial charge is 0.495 e. The van der Waals surface area contributed by atoms with Crippen LogP contribution in [-0.4, -0.2) is 97.9 Å². The number of nitrogens with one attached hydrogen (secondary N) is 2. The Morgan fingerprint density at radius 3 is 2.50 bits per heavy atom. The molecule has 1 aliphatic rings. The number of carbonyl (C=O) groups excluding carboxylic acids is 3. The summed E-state index contributed by atoms with van der Waals surface area (Å²) in [5.74, 6) is 1.20. The quantitative estimate of drug-likeness (QED) is 0.117. The Balaban J connectivity index is 0.00000338. The number of amides is 2. The van der Waals surface area contributed by atoms with E-state index in [4.69, 9.17) is 9.47 Å². The van der Waals surface area contributed by atoms with Crippen molar-refractivity contribution < 1.29 is 23.9 Å². The van der Waals surface area contributed by atoms with E-state index in [0.717, 1.165) is 75.1 Å². The first-order valence-electron chi connectivity index (χ1n) is 16.6. The fraction of sp³-hybridized carbons (Fsp3) is 0.405. The predicted molar refractivity (Wildman–Crippen MR) is 203 cm³/mol. The molecule has 0 aliphatic carbocycles. The molecule has 0 saturated carbocycles. The lowest BCUT2D eigenvalue weighted by Crippen LogP contribution is -2.49. The molecule has 2 heterocycles. The normalized spacial score (nSPS) is 13.9. The second kappa shape index (κ2) is 18.7. The van der Waals surface area contributed by atoms with Crippen LogP contribution in [-0.2, 0) is 11.2 Å². The fourth-order valence-electron chi connectivity index (χ4n) is 6.00. The van der Waals surface area contributed by atoms with E-state index in [1.165, 1.54) is 7.11 Å². The number of halogens is 2. The van der Waals surface area contributed by atoms with E-state index < -0.39 is 0 Å². The molecule has 5 rings (SSSR count). The number of hydrogen-bond donors (Lipinski definition) is 2. The zero-order valence-electron chi connectivity index (χ0n) is 29.4. The number of benzene rings is 3. The average Bonchev–Trinajstić information content (AvgIpc) is 3.54. The van der Waals surface area contributed by atoms with Crippen molar-refractivity contribution >= 4 is 65.3 Å². The van der Waals surface area contributed by atoms with Crippen LogP contribution in [0.15, 0.2) is 54.6 Å². The smallest absolute Gasteiger partial charge is 0.258 e. The summed E-state index contributed by atoms with van der Waals surface area (Å²) in [5.41, 5.74) is 4.33. The molecule has 11 nitrogen and oxygen atoms in total. The van der Waals surface area contributed by atoms with Crippen molar-refractivity contribution in [3.8, 4) is 11.5 Å². The number of rotatable bonds is 14. The first kappa shape index (κ1) is 40.3. The van der Waals surface area contributed by atoms with Crippen LogP contribution < -0.4 is 19.7 Å². The molecule has 1 aromatic heterocycles. The highest BCUT2D eigenvalue weighted by atomic mass is 35.5. The van der Waals surface area contributed by atoms with E-state index >= 15 is 0 Å². The van der Waals surface area contributed by atoms with E-state index in [9.17, 15) is 14.4 Å². The molecule has 1 saturated heterocycles. The summed E-state index contributed by atoms with van der Waals surface area (Å²) >= 11 is 0. The number of anilines is 2. The number of unbranched alkanes of at least 4 members (excludes halogenated alkanes) is 1. The van der Waals surface area contributed by atoms with Crippen molar-refractivity contribution in [3.63, 3.8) is 0 Å². The summed E-state index contributed by atoms with van der Waals surface area (Å²) in [6.07, 6.45) is 4.26. The average molecular weight is 728 g/mol. The van der Waals surface area contributed by atoms with Crippen molar-refractivity contribution in [2.45, 2.75) is 45.6 Å². The Kier molecular flexibility index (Phi) is 15.1. The SMILES string of the molecule is CCc1nc2c(C(=O)Nc3ccc(C(=O)N(C)c4ccc(C)cc4OCCCCC(C=O)N4CCN(C)CC4)cc3OC)cccc2[nH]1.Cl.Cl. The van der Waals surface area contributed by atoms with Crippen molar-refractivity contribution in [2.75, 3.05) is 64.2 Å². The van der Waals surface area contributed by atoms with Gasteiger partial charge in [-0.05, 0) is 81.3 Å². The van der Waals surface area contributed by atoms with Gasteiger partial charge in [0.15, 0.2) is 0 Å². The summed E-state index contributed by atoms with van der Waals surface area (Å²) in [7, 11) is 5.32. The first-order valence-corrected chi connectivity index (χ1v) is 16.6. The van der Waals surface area contributed by atoms with Gasteiger partial charge in [-0.25, -0.2) is 4.98 Å². The summed E-state index contributed by atoms with van der Waals surface area (Å²) in [6, 6.07) is 16.1. The van der Waals surface area contributed by atoms with Crippen molar-refractivity contribution in [3.05, 3.63) is 77.1 Å². The van der Waals surface area contributed by atoms with Crippen LogP contribution >= 0.6 is 24.8 Å². The van der Waals surface area contributed by atoms with Gasteiger partial charge in [-0.15, -0.1) is 24.8 Å². The van der Waals surface area contributed by atoms with Crippen LogP contribution in [0.4, 0.5) is 11.4 Å². The number of aryl methyl sites for hydroxylation is 2. The molecule has 0 bridgehead atoms. The number of aromatic nitrogens is 2. The van der Waals surface area contributed by atoms with E-state index in [-0.39, 0.29) is 42.7 Å². The molecule has 270 valence electrons. The van der Waals surface area contributed by atoms with Gasteiger partial charge in [0.05, 0.1) is 42.2 Å². The van der Waals surface area contributed by atoms with Crippen molar-refractivity contribution in [1.82, 2.24) is 19.8 Å². The number of carbonyl (C=O) groups is 3. The van der Waals surface area contributed by atoms with Gasteiger partial charge in [-0.1, -0.05) is 19.1 Å². The maximum absolute atomic E-state index is 13.7. The Hall–Kier alpha value is -4.16. The Morgan fingerprint density at radius 1 is 1.04 bits per heavy atom. The molecule has 0 radical (unpaired) electrons. The molecule has 50 heavy (non-hydrogen) atoms. The molecule has 1 atom stereocenters. The van der Waals surface area contributed by atoms with Crippen LogP contribution in [0.25, 0.3) is 11.0 Å². The van der Waals surface area contributed by atoms with Crippen molar-refractivity contribution in [1.29, 1.82) is 0 Å². The zero-order valence-corrected chi connectivity index (χ0v) is 31.0. The molecule has 1 aliphatic heterocycles. The molecule has 2 N–H and O–H groups in total. The number of nitrogens with zero attached hydrogens (tertiary/aromatic N) is 4. The molecule has 2 amide bonds. The lowest BCUT2D eigenvalue weighted by molar-refractivity contribution is -0.113. The topological polar surface area (TPSA) is 120 Å². The molecule has 3 aromatic carbocycles. The number of methoxy groups -OCH3 is 1. The number of aromatic amines is 1. The number of piperazine rings is 1. The highest BCUT2D eigenvalue weighted by molar-refractivity contribution is 6.12. The molecular weight excluding hydrogens is 679 g/mol. The monoisotopic (exact) mass is 726 g/mol. The Labute approximate surface area is 306 Å². The van der Waals surface area contributed by atoms with Gasteiger partial charge in [0.2, 0.25) is 0 Å². The molecule has 13 heteroatoms. The second-order valence-corrected chi connectivity index (χ2v) is 12.3. The minimum absolute atomic E-state index is 0. The number of ether oxygens (including phenoxy) is 2. The van der Waals surface area contributed by atoms with E-state index in [0.29, 0.717) is 46.1 Å². The van der Waals surface area contributed by atoms with Crippen LogP contribution in [0.5, 0.6) is 11.5 Å². The fourth-order valence-corrected chi connectivity index (χ4v) is 6.00. The lowest BCUT2D eigenvalue weighted by atomic mass is 10.1. The van der Waals surface area contributed by atoms with Gasteiger partial charge in [-0.2, -0.15) is 0 Å². The van der Waals surface area contributed by atoms with Crippen LogP contribution in [0.3, 0.4) is 0 Å². The number of imidazole rings is 1. The summed E-state index contributed by atoms with van der Waals surface area (Å²) < 4.78 is 11.8. The maximum Gasteiger partial charge on any atom is 0.258 e. The minimum Gasteiger partial charge on any atom is -0.495 e. The summed E-state index contributed by atoms with van der Waals surface area (Å²) in [4.78, 5) is 52.7. The Morgan fingerprint density at radius 2 is 1.80 bits per heavy atom. The number of likely N-dealkylation sites (N-methyl/N-ethyl adjacent to an activating group) is 1. The van der Waals surface area contributed by atoms with Gasteiger partial charge < -0.3 is 34.4 Å². The highest BCUT2D eigenvalue weighted by Crippen LogP contribution is 2.32. The Bertz CT molecular complexity index is 1760. The minimum atomic E-state index is -0.327. The maximum atomic E-state index is 13.7. The number of aldehydes is 1. The van der Waals surface area contributed by atoms with Crippen LogP contribution in [0.2, 0.25) is 0 Å². The number of H-pyrrole nitrogens is 1. The van der Waals surface area contributed by atoms with Crippen LogP contribution in [0, 0.1) is 6.92 Å². The molecule has 1 fully saturated rings. The zero-order chi connectivity index (χ0) is 34.2. The standard InChI is InChI=1S/C37H46N6O5.2ClH/c1-6-34-38-30-12-9-11-28(35(30)40-34)36(45)39-29-15-14-26(23-32(29)47-5)37(46)42(4)31-16-13-25(2)22-33(31)48-21-8-7-10-27(24-44)43-19-17-41(3)18-20-43;;/h9,11-16,22-24,27H,6-8,10,17-21H2,1-5H3,(H,38,40)(H,39,45);2*1H. The predicted octanol–water partition coefficient (Wildman–Crippen LogP) is 6.18. The third-order valence-corrected chi connectivity index (χ3v) is 8.93. The van der Waals surface area contributed by atoms with Gasteiger partial charge in [0.1, 0.15) is 29.1 Å². The molecule has 0 spiro atoms. The highest BCUT2D eigenvalue weighted by Gasteiger charge is 2.23. The molecular formula is C37H48Cl2N6O5. The third kappa shape index (κ3) is 9.54. The van der Waals surface area contributed by atoms with E-state index in [1.807, 2.05) is 44.2 Å². The molecule has 1 unspecified atom stereocenters. The first-order chi connectivity index (χ1) is 23.2. The van der Waals surface area contributed by atoms with E-state index in [1.54, 1.807) is 36.2 Å². The van der Waals surface area contributed by atoms with Gasteiger partial charge >= 0.3 is 0 Å². The third-order valence-electron chi connectivity index (χ3n) is 8.93. The van der Waals surface area contributed by atoms with Gasteiger partial charge in [0.25, 0.3) is 11.8 Å². The second-order valence-electron chi connectivity index (χ2n) is 12.3. The summed E-state index contributed by atoms with van der Waals surface area (Å²) in [6.45, 7) is 8.24. The number of fused-ring (bicyclic) bond motifs is 1. The van der Waals surface area contributed by atoms with Gasteiger partial charge in [0, 0.05) is 45.2 Å².